The van der Waals surface area contributed by atoms with Crippen LogP contribution >= 0.6 is 0 Å². The van der Waals surface area contributed by atoms with Crippen molar-refractivity contribution in [2.45, 2.75) is 72.6 Å². The minimum absolute atomic E-state index is 0.560. The minimum atomic E-state index is 0.560. The van der Waals surface area contributed by atoms with E-state index in [2.05, 4.69) is 46.4 Å². The number of fused-ring (bicyclic) bond motifs is 1. The quantitative estimate of drug-likeness (QED) is 0.518. The van der Waals surface area contributed by atoms with Crippen LogP contribution in [0.4, 0.5) is 0 Å². The summed E-state index contributed by atoms with van der Waals surface area (Å²) >= 11 is 0. The van der Waals surface area contributed by atoms with Crippen molar-refractivity contribution in [1.82, 2.24) is 0 Å². The summed E-state index contributed by atoms with van der Waals surface area (Å²) in [4.78, 5) is 0. The molecule has 0 aromatic rings. The third kappa shape index (κ3) is 3.45. The lowest BCUT2D eigenvalue weighted by Gasteiger charge is -2.55. The molecule has 0 heterocycles. The highest BCUT2D eigenvalue weighted by Crippen LogP contribution is 2.59. The lowest BCUT2D eigenvalue weighted by molar-refractivity contribution is -0.0204. The monoisotopic (exact) mass is 272 g/mol. The lowest BCUT2D eigenvalue weighted by atomic mass is 9.50. The van der Waals surface area contributed by atoms with E-state index in [0.717, 1.165) is 11.8 Å². The molecule has 20 heavy (non-hydrogen) atoms. The van der Waals surface area contributed by atoms with Crippen molar-refractivity contribution < 1.29 is 0 Å². The summed E-state index contributed by atoms with van der Waals surface area (Å²) in [5, 5.41) is 0. The predicted octanol–water partition coefficient (Wildman–Crippen LogP) is 6.45. The molecule has 0 unspecified atom stereocenters. The standard InChI is InChI=1S/C20H32/c1-15(2)8-7-13-20(5)14-18-17(4)10-6-9-16(3)11-12-19(18)20/h8-9,18-19H,4,6-7,10-14H2,1-3,5H3/b16-9+/t18-,19-,20-/m0/s1. The largest absolute Gasteiger partial charge is 0.0996 e. The van der Waals surface area contributed by atoms with E-state index in [9.17, 15) is 0 Å². The van der Waals surface area contributed by atoms with Gasteiger partial charge in [-0.25, -0.2) is 0 Å². The summed E-state index contributed by atoms with van der Waals surface area (Å²) in [5.41, 5.74) is 5.14. The normalized spacial score (nSPS) is 36.6. The van der Waals surface area contributed by atoms with Crippen LogP contribution in [0.15, 0.2) is 35.5 Å². The Labute approximate surface area is 126 Å². The second kappa shape index (κ2) is 6.33. The first kappa shape index (κ1) is 15.6. The molecule has 112 valence electrons. The molecular formula is C20H32. The molecular weight excluding hydrogens is 240 g/mol. The van der Waals surface area contributed by atoms with Gasteiger partial charge in [-0.2, -0.15) is 0 Å². The zero-order valence-electron chi connectivity index (χ0n) is 14.0. The maximum absolute atomic E-state index is 4.40. The SMILES string of the molecule is C=C1CC/C=C(\C)CC[C@H]2[C@H]1C[C@]2(C)CCC=C(C)C. The summed E-state index contributed by atoms with van der Waals surface area (Å²) in [5.74, 6) is 1.69. The highest BCUT2D eigenvalue weighted by atomic mass is 14.5. The van der Waals surface area contributed by atoms with E-state index in [1.165, 1.54) is 56.1 Å². The minimum Gasteiger partial charge on any atom is -0.0996 e. The summed E-state index contributed by atoms with van der Waals surface area (Å²) in [6.45, 7) is 13.7. The highest BCUT2D eigenvalue weighted by Gasteiger charge is 2.49. The van der Waals surface area contributed by atoms with Crippen molar-refractivity contribution in [2.75, 3.05) is 0 Å². The molecule has 0 aromatic heterocycles. The van der Waals surface area contributed by atoms with Gasteiger partial charge in [0.25, 0.3) is 0 Å². The van der Waals surface area contributed by atoms with Crippen molar-refractivity contribution in [2.24, 2.45) is 17.3 Å². The number of hydrogen-bond donors (Lipinski definition) is 0. The Balaban J connectivity index is 2.02. The van der Waals surface area contributed by atoms with Gasteiger partial charge in [0.1, 0.15) is 0 Å². The predicted molar refractivity (Wildman–Crippen MR) is 89.7 cm³/mol. The van der Waals surface area contributed by atoms with Crippen molar-refractivity contribution in [3.05, 3.63) is 35.5 Å². The van der Waals surface area contributed by atoms with Crippen LogP contribution in [0, 0.1) is 17.3 Å². The first-order valence-corrected chi connectivity index (χ1v) is 8.39. The first-order chi connectivity index (χ1) is 9.42. The average molecular weight is 272 g/mol. The first-order valence-electron chi connectivity index (χ1n) is 8.39. The summed E-state index contributed by atoms with van der Waals surface area (Å²) < 4.78 is 0. The van der Waals surface area contributed by atoms with Gasteiger partial charge in [0.2, 0.25) is 0 Å². The lowest BCUT2D eigenvalue weighted by Crippen LogP contribution is -2.46. The smallest absolute Gasteiger partial charge is 0.0167 e. The summed E-state index contributed by atoms with van der Waals surface area (Å²) in [6, 6.07) is 0. The maximum atomic E-state index is 4.40. The van der Waals surface area contributed by atoms with Gasteiger partial charge < -0.3 is 0 Å². The van der Waals surface area contributed by atoms with Crippen LogP contribution in [-0.4, -0.2) is 0 Å². The fraction of sp³-hybridized carbons (Fsp3) is 0.700. The van der Waals surface area contributed by atoms with Gasteiger partial charge in [0, 0.05) is 0 Å². The molecule has 2 aliphatic rings. The van der Waals surface area contributed by atoms with Crippen LogP contribution in [0.25, 0.3) is 0 Å². The van der Waals surface area contributed by atoms with E-state index in [1.807, 2.05) is 0 Å². The molecule has 2 aliphatic carbocycles. The Bertz CT molecular complexity index is 419. The Morgan fingerprint density at radius 3 is 2.85 bits per heavy atom. The van der Waals surface area contributed by atoms with Gasteiger partial charge in [0.05, 0.1) is 0 Å². The van der Waals surface area contributed by atoms with Crippen LogP contribution in [0.1, 0.15) is 72.6 Å². The maximum Gasteiger partial charge on any atom is -0.0167 e. The topological polar surface area (TPSA) is 0 Å². The second-order valence-electron chi connectivity index (χ2n) is 7.68. The Morgan fingerprint density at radius 2 is 2.15 bits per heavy atom. The van der Waals surface area contributed by atoms with Gasteiger partial charge >= 0.3 is 0 Å². The van der Waals surface area contributed by atoms with Crippen LogP contribution in [0.5, 0.6) is 0 Å². The molecule has 0 saturated heterocycles. The van der Waals surface area contributed by atoms with Crippen molar-refractivity contribution >= 4 is 0 Å². The van der Waals surface area contributed by atoms with Crippen molar-refractivity contribution in [3.8, 4) is 0 Å². The zero-order valence-corrected chi connectivity index (χ0v) is 14.0. The molecule has 1 fully saturated rings. The molecule has 0 aromatic carbocycles. The molecule has 0 N–H and O–H groups in total. The van der Waals surface area contributed by atoms with Crippen molar-refractivity contribution in [3.63, 3.8) is 0 Å². The third-order valence-corrected chi connectivity index (χ3v) is 5.67. The van der Waals surface area contributed by atoms with E-state index in [1.54, 1.807) is 5.57 Å². The number of allylic oxidation sites excluding steroid dienone is 5. The molecule has 0 heteroatoms. The van der Waals surface area contributed by atoms with Crippen molar-refractivity contribution in [1.29, 1.82) is 0 Å². The Hall–Kier alpha value is -0.780. The van der Waals surface area contributed by atoms with Gasteiger partial charge in [-0.15, -0.1) is 0 Å². The molecule has 0 aliphatic heterocycles. The average Bonchev–Trinajstić information content (AvgIpc) is 2.39. The third-order valence-electron chi connectivity index (χ3n) is 5.67. The highest BCUT2D eigenvalue weighted by molar-refractivity contribution is 5.17. The van der Waals surface area contributed by atoms with Crippen LogP contribution < -0.4 is 0 Å². The molecule has 3 atom stereocenters. The van der Waals surface area contributed by atoms with E-state index in [-0.39, 0.29) is 0 Å². The van der Waals surface area contributed by atoms with E-state index >= 15 is 0 Å². The van der Waals surface area contributed by atoms with Crippen LogP contribution in [0.2, 0.25) is 0 Å². The molecule has 0 amide bonds. The van der Waals surface area contributed by atoms with Crippen LogP contribution in [-0.2, 0) is 0 Å². The van der Waals surface area contributed by atoms with Gasteiger partial charge in [-0.3, -0.25) is 0 Å². The molecule has 2 rings (SSSR count). The Morgan fingerprint density at radius 1 is 1.40 bits per heavy atom. The van der Waals surface area contributed by atoms with E-state index < -0.39 is 0 Å². The number of rotatable bonds is 3. The van der Waals surface area contributed by atoms with E-state index in [4.69, 9.17) is 0 Å². The Kier molecular flexibility index (Phi) is 4.94. The second-order valence-corrected chi connectivity index (χ2v) is 7.68. The molecule has 1 saturated carbocycles. The molecule has 0 radical (unpaired) electrons. The summed E-state index contributed by atoms with van der Waals surface area (Å²) in [7, 11) is 0. The van der Waals surface area contributed by atoms with Gasteiger partial charge in [-0.05, 0) is 83.0 Å². The van der Waals surface area contributed by atoms with Gasteiger partial charge in [-0.1, -0.05) is 42.4 Å². The zero-order chi connectivity index (χ0) is 14.8. The fourth-order valence-electron chi connectivity index (χ4n) is 4.25. The number of hydrogen-bond acceptors (Lipinski definition) is 0. The van der Waals surface area contributed by atoms with E-state index in [0.29, 0.717) is 5.41 Å². The molecule has 0 nitrogen and oxygen atoms in total. The fourth-order valence-corrected chi connectivity index (χ4v) is 4.25. The molecule has 0 spiro atoms. The summed E-state index contributed by atoms with van der Waals surface area (Å²) in [6.07, 6.45) is 13.9. The van der Waals surface area contributed by atoms with Gasteiger partial charge in [0.15, 0.2) is 0 Å². The van der Waals surface area contributed by atoms with Crippen LogP contribution in [0.3, 0.4) is 0 Å². The molecule has 0 bridgehead atoms.